The molecule has 0 unspecified atom stereocenters. The summed E-state index contributed by atoms with van der Waals surface area (Å²) in [6, 6.07) is 21.5. The molecule has 0 saturated carbocycles. The standard InChI is InChI=1S/C27H27N3O3S2/c1-4-17-30-24-16-11-20(3)18-25(24)34-27(30)28-26(31)22-12-14-23(15-13-22)35(32,33)29(5-2)19-21-9-7-6-8-10-21/h4,6-16,18H,1,5,17,19H2,2-3H3. The molecule has 0 fully saturated rings. The number of fused-ring (bicyclic) bond motifs is 1. The fraction of sp³-hybridized carbons (Fsp3) is 0.185. The van der Waals surface area contributed by atoms with Gasteiger partial charge < -0.3 is 4.57 Å². The van der Waals surface area contributed by atoms with Gasteiger partial charge in [0.1, 0.15) is 0 Å². The topological polar surface area (TPSA) is 71.7 Å². The number of carbonyl (C=O) groups is 1. The van der Waals surface area contributed by atoms with Crippen LogP contribution in [0, 0.1) is 6.92 Å². The molecule has 0 radical (unpaired) electrons. The van der Waals surface area contributed by atoms with Crippen molar-refractivity contribution in [1.82, 2.24) is 8.87 Å². The minimum Gasteiger partial charge on any atom is -0.312 e. The molecule has 6 nitrogen and oxygen atoms in total. The fourth-order valence-corrected chi connectivity index (χ4v) is 6.37. The summed E-state index contributed by atoms with van der Waals surface area (Å²) in [4.78, 5) is 18.0. The summed E-state index contributed by atoms with van der Waals surface area (Å²) in [5.41, 5.74) is 3.36. The summed E-state index contributed by atoms with van der Waals surface area (Å²) < 4.78 is 30.8. The summed E-state index contributed by atoms with van der Waals surface area (Å²) in [6.45, 7) is 8.79. The van der Waals surface area contributed by atoms with Crippen molar-refractivity contribution < 1.29 is 13.2 Å². The Kier molecular flexibility index (Phi) is 7.45. The van der Waals surface area contributed by atoms with Crippen molar-refractivity contribution in [3.63, 3.8) is 0 Å². The van der Waals surface area contributed by atoms with Crippen molar-refractivity contribution in [3.8, 4) is 0 Å². The van der Waals surface area contributed by atoms with E-state index in [1.165, 1.54) is 39.9 Å². The number of nitrogens with zero attached hydrogens (tertiary/aromatic N) is 3. The van der Waals surface area contributed by atoms with Gasteiger partial charge in [0, 0.05) is 25.2 Å². The number of thiazole rings is 1. The summed E-state index contributed by atoms with van der Waals surface area (Å²) in [6.07, 6.45) is 1.77. The van der Waals surface area contributed by atoms with Gasteiger partial charge in [0.25, 0.3) is 5.91 Å². The maximum Gasteiger partial charge on any atom is 0.279 e. The first-order valence-corrected chi connectivity index (χ1v) is 13.5. The smallest absolute Gasteiger partial charge is 0.279 e. The lowest BCUT2D eigenvalue weighted by atomic mass is 10.2. The largest absolute Gasteiger partial charge is 0.312 e. The maximum absolute atomic E-state index is 13.2. The van der Waals surface area contributed by atoms with Crippen LogP contribution in [0.3, 0.4) is 0 Å². The van der Waals surface area contributed by atoms with Gasteiger partial charge in [-0.15, -0.1) is 6.58 Å². The van der Waals surface area contributed by atoms with Crippen LogP contribution in [0.2, 0.25) is 0 Å². The Hall–Kier alpha value is -3.33. The first-order valence-electron chi connectivity index (χ1n) is 11.3. The van der Waals surface area contributed by atoms with Crippen LogP contribution >= 0.6 is 11.3 Å². The zero-order chi connectivity index (χ0) is 25.0. The molecule has 8 heteroatoms. The fourth-order valence-electron chi connectivity index (χ4n) is 3.80. The molecule has 0 N–H and O–H groups in total. The number of hydrogen-bond donors (Lipinski definition) is 0. The van der Waals surface area contributed by atoms with E-state index in [1.54, 1.807) is 6.08 Å². The van der Waals surface area contributed by atoms with Gasteiger partial charge in [0.2, 0.25) is 10.0 Å². The van der Waals surface area contributed by atoms with Crippen molar-refractivity contribution in [2.45, 2.75) is 31.8 Å². The Morgan fingerprint density at radius 3 is 2.46 bits per heavy atom. The van der Waals surface area contributed by atoms with Crippen molar-refractivity contribution in [1.29, 1.82) is 0 Å². The number of rotatable bonds is 8. The van der Waals surface area contributed by atoms with Crippen molar-refractivity contribution in [2.75, 3.05) is 6.54 Å². The molecule has 0 atom stereocenters. The first-order chi connectivity index (χ1) is 16.8. The highest BCUT2D eigenvalue weighted by Crippen LogP contribution is 2.21. The summed E-state index contributed by atoms with van der Waals surface area (Å²) in [7, 11) is -3.71. The van der Waals surface area contributed by atoms with E-state index in [9.17, 15) is 13.2 Å². The van der Waals surface area contributed by atoms with Gasteiger partial charge in [-0.3, -0.25) is 4.79 Å². The van der Waals surface area contributed by atoms with Crippen LogP contribution < -0.4 is 4.80 Å². The predicted octanol–water partition coefficient (Wildman–Crippen LogP) is 5.15. The minimum atomic E-state index is -3.71. The number of aromatic nitrogens is 1. The van der Waals surface area contributed by atoms with E-state index >= 15 is 0 Å². The van der Waals surface area contributed by atoms with E-state index < -0.39 is 15.9 Å². The van der Waals surface area contributed by atoms with E-state index in [2.05, 4.69) is 17.6 Å². The monoisotopic (exact) mass is 505 g/mol. The molecule has 4 rings (SSSR count). The van der Waals surface area contributed by atoms with Crippen LogP contribution in [-0.4, -0.2) is 29.7 Å². The molecule has 4 aromatic rings. The van der Waals surface area contributed by atoms with Gasteiger partial charge in [0.05, 0.1) is 15.1 Å². The number of allylic oxidation sites excluding steroid dienone is 1. The van der Waals surface area contributed by atoms with E-state index in [1.807, 2.05) is 60.9 Å². The van der Waals surface area contributed by atoms with Crippen LogP contribution in [0.4, 0.5) is 0 Å². The Labute approximate surface area is 209 Å². The second kappa shape index (κ2) is 10.5. The number of sulfonamides is 1. The highest BCUT2D eigenvalue weighted by atomic mass is 32.2. The number of benzene rings is 3. The lowest BCUT2D eigenvalue weighted by Crippen LogP contribution is -2.30. The van der Waals surface area contributed by atoms with Gasteiger partial charge in [-0.1, -0.05) is 60.7 Å². The Morgan fingerprint density at radius 2 is 1.80 bits per heavy atom. The molecule has 1 heterocycles. The second-order valence-electron chi connectivity index (χ2n) is 8.11. The van der Waals surface area contributed by atoms with Crippen molar-refractivity contribution in [2.24, 2.45) is 4.99 Å². The van der Waals surface area contributed by atoms with Gasteiger partial charge in [0.15, 0.2) is 4.80 Å². The number of amides is 1. The molecule has 0 saturated heterocycles. The van der Waals surface area contributed by atoms with Crippen molar-refractivity contribution in [3.05, 3.63) is 107 Å². The maximum atomic E-state index is 13.2. The quantitative estimate of drug-likeness (QED) is 0.311. The molecule has 35 heavy (non-hydrogen) atoms. The Morgan fingerprint density at radius 1 is 1.09 bits per heavy atom. The van der Waals surface area contributed by atoms with Crippen molar-refractivity contribution >= 4 is 37.5 Å². The van der Waals surface area contributed by atoms with Crippen LogP contribution in [0.5, 0.6) is 0 Å². The molecule has 1 amide bonds. The molecule has 180 valence electrons. The summed E-state index contributed by atoms with van der Waals surface area (Å²) in [5, 5.41) is 0. The molecule has 0 spiro atoms. The van der Waals surface area contributed by atoms with E-state index in [0.717, 1.165) is 21.3 Å². The SMILES string of the molecule is C=CCn1c(=NC(=O)c2ccc(S(=O)(=O)N(CC)Cc3ccccc3)cc2)sc2cc(C)ccc21. The summed E-state index contributed by atoms with van der Waals surface area (Å²) in [5.74, 6) is -0.424. The van der Waals surface area contributed by atoms with Gasteiger partial charge in [-0.05, 0) is 54.4 Å². The third-order valence-electron chi connectivity index (χ3n) is 5.64. The Bertz CT molecular complexity index is 1530. The van der Waals surface area contributed by atoms with Crippen LogP contribution in [0.25, 0.3) is 10.2 Å². The molecule has 0 aliphatic carbocycles. The molecule has 0 bridgehead atoms. The van der Waals surface area contributed by atoms with Crippen LogP contribution in [0.1, 0.15) is 28.4 Å². The number of aryl methyl sites for hydroxylation is 1. The Balaban J connectivity index is 1.62. The molecule has 0 aliphatic heterocycles. The third-order valence-corrected chi connectivity index (χ3v) is 8.62. The normalized spacial score (nSPS) is 12.4. The number of hydrogen-bond acceptors (Lipinski definition) is 4. The van der Waals surface area contributed by atoms with E-state index in [-0.39, 0.29) is 11.4 Å². The first kappa shape index (κ1) is 24.8. The number of carbonyl (C=O) groups excluding carboxylic acids is 1. The average Bonchev–Trinajstić information content (AvgIpc) is 3.19. The minimum absolute atomic E-state index is 0.144. The van der Waals surface area contributed by atoms with Crippen LogP contribution in [0.15, 0.2) is 95.3 Å². The molecule has 0 aliphatic rings. The highest BCUT2D eigenvalue weighted by molar-refractivity contribution is 7.89. The average molecular weight is 506 g/mol. The molecular formula is C27H27N3O3S2. The second-order valence-corrected chi connectivity index (χ2v) is 11.1. The zero-order valence-corrected chi connectivity index (χ0v) is 21.3. The lowest BCUT2D eigenvalue weighted by Gasteiger charge is -2.20. The zero-order valence-electron chi connectivity index (χ0n) is 19.7. The summed E-state index contributed by atoms with van der Waals surface area (Å²) >= 11 is 1.44. The van der Waals surface area contributed by atoms with E-state index in [0.29, 0.717) is 23.5 Å². The highest BCUT2D eigenvalue weighted by Gasteiger charge is 2.23. The molecule has 3 aromatic carbocycles. The molecule has 1 aromatic heterocycles. The van der Waals surface area contributed by atoms with Gasteiger partial charge in [-0.2, -0.15) is 9.30 Å². The van der Waals surface area contributed by atoms with E-state index in [4.69, 9.17) is 0 Å². The van der Waals surface area contributed by atoms with Gasteiger partial charge in [-0.25, -0.2) is 8.42 Å². The molecular weight excluding hydrogens is 478 g/mol. The van der Waals surface area contributed by atoms with Crippen LogP contribution in [-0.2, 0) is 23.1 Å². The lowest BCUT2D eigenvalue weighted by molar-refractivity contribution is 0.0997. The third kappa shape index (κ3) is 5.35. The van der Waals surface area contributed by atoms with Gasteiger partial charge >= 0.3 is 0 Å². The predicted molar refractivity (Wildman–Crippen MR) is 141 cm³/mol.